The third-order valence-corrected chi connectivity index (χ3v) is 4.40. The van der Waals surface area contributed by atoms with Crippen molar-refractivity contribution in [2.45, 2.75) is 92.4 Å². The van der Waals surface area contributed by atoms with E-state index in [9.17, 15) is 14.4 Å². The number of ketones is 1. The second-order valence-corrected chi connectivity index (χ2v) is 7.11. The van der Waals surface area contributed by atoms with E-state index in [0.717, 1.165) is 19.3 Å². The van der Waals surface area contributed by atoms with E-state index in [-0.39, 0.29) is 24.2 Å². The Morgan fingerprint density at radius 1 is 1.04 bits per heavy atom. The molecule has 6 nitrogen and oxygen atoms in total. The molecular weight excluding hydrogens is 356 g/mol. The maximum atomic E-state index is 11.5. The number of amides is 2. The monoisotopic (exact) mass is 400 g/mol. The summed E-state index contributed by atoms with van der Waals surface area (Å²) in [6.45, 7) is 11.9. The summed E-state index contributed by atoms with van der Waals surface area (Å²) in [5.74, 6) is 0.749. The average Bonchev–Trinajstić information content (AvgIpc) is 2.69. The fourth-order valence-corrected chi connectivity index (χ4v) is 2.92. The van der Waals surface area contributed by atoms with E-state index in [1.165, 1.54) is 19.3 Å². The number of carbonyl (C=O) groups is 3. The first kappa shape index (κ1) is 28.8. The standard InChI is InChI=1S/C10H20N2O3.C10H18O.C2H6/c1-2-15-8-4-7-12-10(14)6-3-5-9(11)13;1-8(2)10(11)9-6-4-3-5-7-9;1-2/h2-8H2,1H3,(H2,11,13)(H,12,14);8-9H,3-7H2,1-2H3;1-2H3. The number of rotatable bonds is 11. The minimum absolute atomic E-state index is 0.0345. The molecule has 0 aromatic rings. The van der Waals surface area contributed by atoms with Gasteiger partial charge in [-0.2, -0.15) is 0 Å². The van der Waals surface area contributed by atoms with Gasteiger partial charge in [0.05, 0.1) is 0 Å². The van der Waals surface area contributed by atoms with Crippen LogP contribution in [0, 0.1) is 11.8 Å². The fourth-order valence-electron chi connectivity index (χ4n) is 2.92. The Bertz CT molecular complexity index is 405. The number of hydrogen-bond acceptors (Lipinski definition) is 4. The van der Waals surface area contributed by atoms with Crippen molar-refractivity contribution in [1.29, 1.82) is 0 Å². The van der Waals surface area contributed by atoms with Crippen molar-refractivity contribution < 1.29 is 19.1 Å². The molecule has 1 rings (SSSR count). The first-order chi connectivity index (χ1) is 13.4. The molecule has 166 valence electrons. The van der Waals surface area contributed by atoms with Crippen LogP contribution in [-0.2, 0) is 19.1 Å². The van der Waals surface area contributed by atoms with Crippen molar-refractivity contribution in [2.75, 3.05) is 19.8 Å². The second kappa shape index (κ2) is 20.3. The Morgan fingerprint density at radius 2 is 1.64 bits per heavy atom. The Kier molecular flexibility index (Phi) is 20.9. The third kappa shape index (κ3) is 18.0. The zero-order chi connectivity index (χ0) is 21.8. The lowest BCUT2D eigenvalue weighted by Gasteiger charge is -2.21. The summed E-state index contributed by atoms with van der Waals surface area (Å²) in [5.41, 5.74) is 4.95. The molecule has 1 aliphatic carbocycles. The summed E-state index contributed by atoms with van der Waals surface area (Å²) in [6.07, 6.45) is 8.13. The number of carbonyl (C=O) groups excluding carboxylic acids is 3. The van der Waals surface area contributed by atoms with Crippen molar-refractivity contribution >= 4 is 17.6 Å². The van der Waals surface area contributed by atoms with E-state index >= 15 is 0 Å². The quantitative estimate of drug-likeness (QED) is 0.512. The van der Waals surface area contributed by atoms with Crippen LogP contribution in [0.3, 0.4) is 0 Å². The molecular formula is C22H44N2O4. The molecule has 0 aromatic heterocycles. The summed E-state index contributed by atoms with van der Waals surface area (Å²) in [6, 6.07) is 0. The van der Waals surface area contributed by atoms with Gasteiger partial charge in [-0.25, -0.2) is 0 Å². The summed E-state index contributed by atoms with van der Waals surface area (Å²) in [5, 5.41) is 2.74. The van der Waals surface area contributed by atoms with Crippen LogP contribution in [0.4, 0.5) is 0 Å². The molecule has 2 amide bonds. The Hall–Kier alpha value is -1.43. The molecule has 0 atom stereocenters. The molecule has 1 aliphatic rings. The molecule has 3 N–H and O–H groups in total. The maximum absolute atomic E-state index is 11.5. The largest absolute Gasteiger partial charge is 0.382 e. The van der Waals surface area contributed by atoms with Crippen LogP contribution in [0.5, 0.6) is 0 Å². The van der Waals surface area contributed by atoms with Gasteiger partial charge in [-0.15, -0.1) is 0 Å². The SMILES string of the molecule is CC.CC(C)C(=O)C1CCCCC1.CCOCCCNC(=O)CCCC(N)=O. The molecule has 0 radical (unpaired) electrons. The zero-order valence-electron chi connectivity index (χ0n) is 18.9. The molecule has 6 heteroatoms. The van der Waals surface area contributed by atoms with Crippen molar-refractivity contribution in [3.8, 4) is 0 Å². The lowest BCUT2D eigenvalue weighted by Crippen LogP contribution is -2.25. The number of nitrogens with one attached hydrogen (secondary N) is 1. The van der Waals surface area contributed by atoms with Gasteiger partial charge in [0.25, 0.3) is 0 Å². The highest BCUT2D eigenvalue weighted by Gasteiger charge is 2.22. The predicted octanol–water partition coefficient (Wildman–Crippen LogP) is 4.00. The predicted molar refractivity (Wildman–Crippen MR) is 115 cm³/mol. The highest BCUT2D eigenvalue weighted by molar-refractivity contribution is 5.82. The van der Waals surface area contributed by atoms with Crippen LogP contribution in [0.15, 0.2) is 0 Å². The van der Waals surface area contributed by atoms with Crippen LogP contribution < -0.4 is 11.1 Å². The topological polar surface area (TPSA) is 98.5 Å². The van der Waals surface area contributed by atoms with Gasteiger partial charge in [0.1, 0.15) is 5.78 Å². The fraction of sp³-hybridized carbons (Fsp3) is 0.864. The molecule has 1 fully saturated rings. The molecule has 0 bridgehead atoms. The van der Waals surface area contributed by atoms with E-state index in [2.05, 4.69) is 5.32 Å². The molecule has 0 unspecified atom stereocenters. The molecule has 28 heavy (non-hydrogen) atoms. The number of Topliss-reactive ketones (excluding diaryl/α,β-unsaturated/α-hetero) is 1. The van der Waals surface area contributed by atoms with Crippen LogP contribution in [0.2, 0.25) is 0 Å². The van der Waals surface area contributed by atoms with Crippen LogP contribution in [0.1, 0.15) is 92.4 Å². The van der Waals surface area contributed by atoms with Gasteiger partial charge in [-0.3, -0.25) is 14.4 Å². The van der Waals surface area contributed by atoms with Gasteiger partial charge in [0.2, 0.25) is 11.8 Å². The number of hydrogen-bond donors (Lipinski definition) is 2. The van der Waals surface area contributed by atoms with Crippen molar-refractivity contribution in [3.05, 3.63) is 0 Å². The summed E-state index contributed by atoms with van der Waals surface area (Å²) in [7, 11) is 0. The molecule has 0 spiro atoms. The summed E-state index contributed by atoms with van der Waals surface area (Å²) >= 11 is 0. The van der Waals surface area contributed by atoms with Gasteiger partial charge in [0, 0.05) is 44.4 Å². The highest BCUT2D eigenvalue weighted by atomic mass is 16.5. The third-order valence-electron chi connectivity index (χ3n) is 4.40. The number of primary amides is 1. The minimum atomic E-state index is -0.362. The van der Waals surface area contributed by atoms with Crippen LogP contribution in [0.25, 0.3) is 0 Å². The van der Waals surface area contributed by atoms with E-state index in [1.54, 1.807) is 0 Å². The Labute approximate surface area is 172 Å². The van der Waals surface area contributed by atoms with Gasteiger partial charge in [-0.05, 0) is 32.6 Å². The highest BCUT2D eigenvalue weighted by Crippen LogP contribution is 2.26. The van der Waals surface area contributed by atoms with Crippen molar-refractivity contribution in [3.63, 3.8) is 0 Å². The van der Waals surface area contributed by atoms with Crippen LogP contribution >= 0.6 is 0 Å². The molecule has 0 heterocycles. The van der Waals surface area contributed by atoms with Crippen molar-refractivity contribution in [2.24, 2.45) is 17.6 Å². The summed E-state index contributed by atoms with van der Waals surface area (Å²) in [4.78, 5) is 33.0. The maximum Gasteiger partial charge on any atom is 0.220 e. The van der Waals surface area contributed by atoms with E-state index in [1.807, 2.05) is 34.6 Å². The Morgan fingerprint density at radius 3 is 2.14 bits per heavy atom. The van der Waals surface area contributed by atoms with E-state index in [4.69, 9.17) is 10.5 Å². The molecule has 0 saturated heterocycles. The minimum Gasteiger partial charge on any atom is -0.382 e. The first-order valence-electron chi connectivity index (χ1n) is 11.0. The zero-order valence-corrected chi connectivity index (χ0v) is 18.9. The molecule has 1 saturated carbocycles. The van der Waals surface area contributed by atoms with Gasteiger partial charge < -0.3 is 15.8 Å². The van der Waals surface area contributed by atoms with Crippen molar-refractivity contribution in [1.82, 2.24) is 5.32 Å². The number of nitrogens with two attached hydrogens (primary N) is 1. The smallest absolute Gasteiger partial charge is 0.220 e. The first-order valence-corrected chi connectivity index (χ1v) is 11.0. The van der Waals surface area contributed by atoms with Gasteiger partial charge in [0.15, 0.2) is 0 Å². The average molecular weight is 401 g/mol. The summed E-state index contributed by atoms with van der Waals surface area (Å²) < 4.78 is 5.12. The lowest BCUT2D eigenvalue weighted by atomic mass is 9.83. The van der Waals surface area contributed by atoms with E-state index in [0.29, 0.717) is 44.3 Å². The van der Waals surface area contributed by atoms with E-state index < -0.39 is 0 Å². The molecule has 0 aliphatic heterocycles. The van der Waals surface area contributed by atoms with Crippen LogP contribution in [-0.4, -0.2) is 37.4 Å². The number of ether oxygens (including phenoxy) is 1. The van der Waals surface area contributed by atoms with Gasteiger partial charge in [-0.1, -0.05) is 47.0 Å². The second-order valence-electron chi connectivity index (χ2n) is 7.11. The Balaban J connectivity index is 0. The molecule has 0 aromatic carbocycles. The normalized spacial score (nSPS) is 13.6. The lowest BCUT2D eigenvalue weighted by molar-refractivity contribution is -0.126. The van der Waals surface area contributed by atoms with Gasteiger partial charge >= 0.3 is 0 Å².